The lowest BCUT2D eigenvalue weighted by Gasteiger charge is -2.28. The summed E-state index contributed by atoms with van der Waals surface area (Å²) in [4.78, 5) is 36.0. The van der Waals surface area contributed by atoms with E-state index in [1.54, 1.807) is 18.2 Å². The molecule has 3 heterocycles. The van der Waals surface area contributed by atoms with Crippen LogP contribution in [-0.2, 0) is 19.6 Å². The third-order valence-corrected chi connectivity index (χ3v) is 6.70. The van der Waals surface area contributed by atoms with E-state index in [0.717, 1.165) is 5.57 Å². The minimum absolute atomic E-state index is 0.142. The number of hydrogen-bond acceptors (Lipinski definition) is 7. The van der Waals surface area contributed by atoms with Gasteiger partial charge in [0.05, 0.1) is 5.75 Å². The number of carbonyl (C=O) groups is 3. The Labute approximate surface area is 197 Å². The van der Waals surface area contributed by atoms with Gasteiger partial charge in [-0.05, 0) is 25.5 Å². The first kappa shape index (κ1) is 27.3. The van der Waals surface area contributed by atoms with Gasteiger partial charge >= 0.3 is 18.2 Å². The van der Waals surface area contributed by atoms with Gasteiger partial charge in [0.25, 0.3) is 5.91 Å². The van der Waals surface area contributed by atoms with Crippen molar-refractivity contribution in [1.82, 2.24) is 19.9 Å². The van der Waals surface area contributed by atoms with Crippen LogP contribution < -0.4 is 10.6 Å². The highest BCUT2D eigenvalue weighted by molar-refractivity contribution is 7.89. The van der Waals surface area contributed by atoms with Crippen LogP contribution in [0.5, 0.6) is 0 Å². The van der Waals surface area contributed by atoms with Crippen molar-refractivity contribution >= 4 is 27.9 Å². The number of nitrogens with one attached hydrogen (secondary N) is 2. The highest BCUT2D eigenvalue weighted by atomic mass is 32.2. The van der Waals surface area contributed by atoms with E-state index in [2.05, 4.69) is 27.5 Å². The molecule has 3 amide bonds. The summed E-state index contributed by atoms with van der Waals surface area (Å²) in [5.74, 6) is 2.00. The molecule has 35 heavy (non-hydrogen) atoms. The average molecular weight is 513 g/mol. The van der Waals surface area contributed by atoms with Crippen molar-refractivity contribution in [2.24, 2.45) is 0 Å². The van der Waals surface area contributed by atoms with Gasteiger partial charge < -0.3 is 10.4 Å². The van der Waals surface area contributed by atoms with Crippen molar-refractivity contribution in [3.63, 3.8) is 0 Å². The van der Waals surface area contributed by atoms with Crippen molar-refractivity contribution in [3.05, 3.63) is 41.2 Å². The Kier molecular flexibility index (Phi) is 8.22. The lowest BCUT2D eigenvalue weighted by molar-refractivity contribution is -0.192. The predicted molar refractivity (Wildman–Crippen MR) is 113 cm³/mol. The van der Waals surface area contributed by atoms with Crippen LogP contribution in [0.25, 0.3) is 0 Å². The first-order valence-corrected chi connectivity index (χ1v) is 11.3. The zero-order valence-electron chi connectivity index (χ0n) is 18.0. The number of alkyl halides is 3. The molecule has 3 N–H and O–H groups in total. The molecule has 11 nitrogen and oxygen atoms in total. The topological polar surface area (TPSA) is 170 Å². The number of aromatic nitrogens is 1. The summed E-state index contributed by atoms with van der Waals surface area (Å²) in [5, 5.41) is 20.3. The second-order valence-corrected chi connectivity index (χ2v) is 9.40. The largest absolute Gasteiger partial charge is 0.490 e. The number of aliphatic carboxylic acids is 1. The van der Waals surface area contributed by atoms with Crippen LogP contribution in [0, 0.1) is 23.2 Å². The van der Waals surface area contributed by atoms with Crippen LogP contribution in [0.15, 0.2) is 30.0 Å². The van der Waals surface area contributed by atoms with Gasteiger partial charge in [-0.25, -0.2) is 23.0 Å². The number of imide groups is 1. The molecular weight excluding hydrogens is 495 g/mol. The Bertz CT molecular complexity index is 1260. The molecule has 0 unspecified atom stereocenters. The number of pyridine rings is 1. The van der Waals surface area contributed by atoms with E-state index in [9.17, 15) is 31.2 Å². The Hall–Kier alpha value is -3.95. The van der Waals surface area contributed by atoms with Crippen LogP contribution >= 0.6 is 0 Å². The summed E-state index contributed by atoms with van der Waals surface area (Å²) in [6.45, 7) is 1.76. The van der Waals surface area contributed by atoms with Crippen molar-refractivity contribution in [2.75, 3.05) is 18.8 Å². The fraction of sp³-hybridized carbons (Fsp3) is 0.350. The summed E-state index contributed by atoms with van der Waals surface area (Å²) in [6, 6.07) is 4.50. The summed E-state index contributed by atoms with van der Waals surface area (Å²) in [7, 11) is -3.76. The molecule has 3 rings (SSSR count). The number of carbonyl (C=O) groups excluding carboxylic acids is 2. The van der Waals surface area contributed by atoms with Gasteiger partial charge in [0, 0.05) is 30.4 Å². The van der Waals surface area contributed by atoms with Gasteiger partial charge in [0.2, 0.25) is 10.0 Å². The molecule has 2 aliphatic rings. The number of carboxylic acid groups (broad SMARTS) is 1. The molecule has 1 aromatic heterocycles. The smallest absolute Gasteiger partial charge is 0.475 e. The standard InChI is InChI=1S/C18H17N5O4S.C2HF3O2/c1-18(16(24)21-17(25)22-18)12-28(26,27)23-8-6-13(7-9-23)2-3-14-4-5-15(10-19)20-11-14;3-2(4,5)1(6)7/h4-6,11H,7-9,12H2,1H3,(H2,21,22,24,25);(H,6,7)/t18-;/m1./s1. The van der Waals surface area contributed by atoms with Crippen LogP contribution in [0.3, 0.4) is 0 Å². The second kappa shape index (κ2) is 10.5. The third kappa shape index (κ3) is 7.53. The minimum Gasteiger partial charge on any atom is -0.475 e. The first-order chi connectivity index (χ1) is 16.2. The van der Waals surface area contributed by atoms with Gasteiger partial charge in [-0.1, -0.05) is 17.9 Å². The maximum atomic E-state index is 12.6. The summed E-state index contributed by atoms with van der Waals surface area (Å²) >= 11 is 0. The predicted octanol–water partition coefficient (Wildman–Crippen LogP) is 0.498. The van der Waals surface area contributed by atoms with Crippen LogP contribution in [0.4, 0.5) is 18.0 Å². The first-order valence-electron chi connectivity index (χ1n) is 9.65. The quantitative estimate of drug-likeness (QED) is 0.388. The Balaban J connectivity index is 0.000000540. The molecule has 0 aliphatic carbocycles. The summed E-state index contributed by atoms with van der Waals surface area (Å²) < 4.78 is 58.3. The lowest BCUT2D eigenvalue weighted by atomic mass is 10.1. The van der Waals surface area contributed by atoms with Gasteiger partial charge in [0.15, 0.2) is 0 Å². The van der Waals surface area contributed by atoms with E-state index < -0.39 is 45.4 Å². The molecule has 15 heteroatoms. The number of rotatable bonds is 3. The number of sulfonamides is 1. The molecule has 0 spiro atoms. The monoisotopic (exact) mass is 513 g/mol. The fourth-order valence-corrected chi connectivity index (χ4v) is 4.63. The second-order valence-electron chi connectivity index (χ2n) is 7.43. The molecule has 0 radical (unpaired) electrons. The van der Waals surface area contributed by atoms with E-state index in [0.29, 0.717) is 17.7 Å². The normalized spacial score (nSPS) is 20.1. The molecule has 1 aromatic rings. The van der Waals surface area contributed by atoms with Gasteiger partial charge in [0.1, 0.15) is 17.3 Å². The van der Waals surface area contributed by atoms with Crippen molar-refractivity contribution in [1.29, 1.82) is 5.26 Å². The zero-order chi connectivity index (χ0) is 26.4. The number of hydrogen-bond donors (Lipinski definition) is 3. The minimum atomic E-state index is -5.08. The molecule has 2 aliphatic heterocycles. The summed E-state index contributed by atoms with van der Waals surface area (Å²) in [5.41, 5.74) is 0.284. The molecule has 186 valence electrons. The highest BCUT2D eigenvalue weighted by Gasteiger charge is 2.46. The molecule has 1 saturated heterocycles. The summed E-state index contributed by atoms with van der Waals surface area (Å²) in [6.07, 6.45) is -1.42. The van der Waals surface area contributed by atoms with E-state index >= 15 is 0 Å². The van der Waals surface area contributed by atoms with Crippen molar-refractivity contribution < 1.29 is 41.1 Å². The maximum Gasteiger partial charge on any atom is 0.490 e. The van der Waals surface area contributed by atoms with E-state index in [-0.39, 0.29) is 13.1 Å². The van der Waals surface area contributed by atoms with E-state index in [1.807, 2.05) is 6.07 Å². The number of urea groups is 1. The number of amides is 3. The Morgan fingerprint density at radius 1 is 1.31 bits per heavy atom. The van der Waals surface area contributed by atoms with Gasteiger partial charge in [-0.2, -0.15) is 22.7 Å². The lowest BCUT2D eigenvalue weighted by Crippen LogP contribution is -2.52. The molecule has 0 aromatic carbocycles. The number of carboxylic acids is 1. The van der Waals surface area contributed by atoms with Crippen molar-refractivity contribution in [2.45, 2.75) is 25.1 Å². The number of nitriles is 1. The molecule has 1 fully saturated rings. The molecule has 0 saturated carbocycles. The molecule has 1 atom stereocenters. The Morgan fingerprint density at radius 3 is 2.40 bits per heavy atom. The highest BCUT2D eigenvalue weighted by Crippen LogP contribution is 2.19. The van der Waals surface area contributed by atoms with Crippen molar-refractivity contribution in [3.8, 4) is 17.9 Å². The number of nitrogens with zero attached hydrogens (tertiary/aromatic N) is 3. The fourth-order valence-electron chi connectivity index (χ4n) is 2.84. The third-order valence-electron chi connectivity index (χ3n) is 4.64. The molecular formula is C20H18F3N5O6S. The van der Waals surface area contributed by atoms with Gasteiger partial charge in [-0.15, -0.1) is 0 Å². The van der Waals surface area contributed by atoms with Crippen LogP contribution in [-0.4, -0.2) is 71.3 Å². The number of halogens is 3. The average Bonchev–Trinajstić information content (AvgIpc) is 3.02. The van der Waals surface area contributed by atoms with Gasteiger partial charge in [-0.3, -0.25) is 10.1 Å². The SMILES string of the molecule is C[C@]1(CS(=O)(=O)N2CC=C(C#Cc3ccc(C#N)nc3)CC2)NC(=O)NC1=O.O=C(O)C(F)(F)F. The van der Waals surface area contributed by atoms with Crippen LogP contribution in [0.2, 0.25) is 0 Å². The Morgan fingerprint density at radius 2 is 1.97 bits per heavy atom. The van der Waals surface area contributed by atoms with E-state index in [4.69, 9.17) is 15.2 Å². The molecule has 0 bridgehead atoms. The zero-order valence-corrected chi connectivity index (χ0v) is 18.8. The van der Waals surface area contributed by atoms with Crippen LogP contribution in [0.1, 0.15) is 24.6 Å². The maximum absolute atomic E-state index is 12.6. The van der Waals surface area contributed by atoms with E-state index in [1.165, 1.54) is 17.4 Å².